The molecule has 1 N–H and O–H groups in total. The summed E-state index contributed by atoms with van der Waals surface area (Å²) >= 11 is 5.68. The quantitative estimate of drug-likeness (QED) is 0.500. The number of amides is 1. The summed E-state index contributed by atoms with van der Waals surface area (Å²) in [6.07, 6.45) is -4.11. The molecule has 0 aliphatic carbocycles. The SMILES string of the molecule is O=C(NCc1ncc(C(F)(F)F)cc1Cl)c1c(F)cccc1[N+](=O)[O-]. The number of rotatable bonds is 4. The van der Waals surface area contributed by atoms with E-state index in [0.29, 0.717) is 12.3 Å². The number of nitro benzene ring substituents is 1. The van der Waals surface area contributed by atoms with E-state index in [1.54, 1.807) is 0 Å². The van der Waals surface area contributed by atoms with Gasteiger partial charge < -0.3 is 5.32 Å². The van der Waals surface area contributed by atoms with Crippen molar-refractivity contribution in [1.82, 2.24) is 10.3 Å². The van der Waals surface area contributed by atoms with Crippen molar-refractivity contribution in [3.63, 3.8) is 0 Å². The molecule has 0 radical (unpaired) electrons. The summed E-state index contributed by atoms with van der Waals surface area (Å²) in [5, 5.41) is 12.6. The van der Waals surface area contributed by atoms with Crippen LogP contribution >= 0.6 is 11.6 Å². The normalized spacial score (nSPS) is 11.2. The van der Waals surface area contributed by atoms with Gasteiger partial charge in [0.1, 0.15) is 5.82 Å². The molecule has 1 aromatic heterocycles. The maximum atomic E-state index is 13.7. The van der Waals surface area contributed by atoms with E-state index in [0.717, 1.165) is 18.2 Å². The second-order valence-electron chi connectivity index (χ2n) is 4.72. The monoisotopic (exact) mass is 377 g/mol. The Balaban J connectivity index is 2.20. The molecule has 25 heavy (non-hydrogen) atoms. The molecule has 0 fully saturated rings. The van der Waals surface area contributed by atoms with Crippen molar-refractivity contribution in [2.45, 2.75) is 12.7 Å². The van der Waals surface area contributed by atoms with E-state index >= 15 is 0 Å². The fourth-order valence-electron chi connectivity index (χ4n) is 1.89. The molecule has 11 heteroatoms. The van der Waals surface area contributed by atoms with E-state index in [1.807, 2.05) is 0 Å². The summed E-state index contributed by atoms with van der Waals surface area (Å²) in [4.78, 5) is 25.4. The van der Waals surface area contributed by atoms with Crippen LogP contribution in [-0.4, -0.2) is 15.8 Å². The summed E-state index contributed by atoms with van der Waals surface area (Å²) in [7, 11) is 0. The molecule has 1 heterocycles. The summed E-state index contributed by atoms with van der Waals surface area (Å²) in [5.41, 5.74) is -2.72. The molecule has 1 aromatic carbocycles. The van der Waals surface area contributed by atoms with Crippen molar-refractivity contribution >= 4 is 23.2 Å². The van der Waals surface area contributed by atoms with Gasteiger partial charge in [0.2, 0.25) is 0 Å². The zero-order valence-electron chi connectivity index (χ0n) is 12.1. The van der Waals surface area contributed by atoms with Crippen molar-refractivity contribution in [2.75, 3.05) is 0 Å². The summed E-state index contributed by atoms with van der Waals surface area (Å²) < 4.78 is 51.3. The average molecular weight is 378 g/mol. The van der Waals surface area contributed by atoms with Crippen molar-refractivity contribution in [3.8, 4) is 0 Å². The van der Waals surface area contributed by atoms with Gasteiger partial charge in [-0.05, 0) is 12.1 Å². The van der Waals surface area contributed by atoms with Gasteiger partial charge in [0.25, 0.3) is 11.6 Å². The number of carbonyl (C=O) groups is 1. The van der Waals surface area contributed by atoms with Crippen molar-refractivity contribution in [3.05, 3.63) is 68.2 Å². The summed E-state index contributed by atoms with van der Waals surface area (Å²) in [6.45, 7) is -0.443. The predicted molar refractivity (Wildman–Crippen MR) is 78.5 cm³/mol. The third-order valence-corrected chi connectivity index (χ3v) is 3.40. The van der Waals surface area contributed by atoms with Crippen LogP contribution in [0.4, 0.5) is 23.2 Å². The van der Waals surface area contributed by atoms with Crippen LogP contribution in [0.1, 0.15) is 21.6 Å². The smallest absolute Gasteiger partial charge is 0.346 e. The van der Waals surface area contributed by atoms with Gasteiger partial charge in [-0.3, -0.25) is 19.9 Å². The number of halogens is 5. The largest absolute Gasteiger partial charge is 0.417 e. The zero-order chi connectivity index (χ0) is 18.8. The van der Waals surface area contributed by atoms with Crippen LogP contribution in [0.3, 0.4) is 0 Å². The van der Waals surface area contributed by atoms with Crippen LogP contribution in [0.25, 0.3) is 0 Å². The minimum atomic E-state index is -4.63. The van der Waals surface area contributed by atoms with E-state index in [2.05, 4.69) is 10.3 Å². The van der Waals surface area contributed by atoms with Gasteiger partial charge in [-0.1, -0.05) is 17.7 Å². The van der Waals surface area contributed by atoms with Gasteiger partial charge in [0.15, 0.2) is 5.56 Å². The highest BCUT2D eigenvalue weighted by Crippen LogP contribution is 2.31. The Bertz CT molecular complexity index is 843. The minimum absolute atomic E-state index is 0.109. The van der Waals surface area contributed by atoms with Crippen LogP contribution in [0.5, 0.6) is 0 Å². The number of nitro groups is 1. The van der Waals surface area contributed by atoms with E-state index in [1.165, 1.54) is 0 Å². The number of alkyl halides is 3. The molecule has 0 aliphatic heterocycles. The molecule has 0 spiro atoms. The number of nitrogens with zero attached hydrogens (tertiary/aromatic N) is 2. The lowest BCUT2D eigenvalue weighted by Crippen LogP contribution is -2.25. The lowest BCUT2D eigenvalue weighted by molar-refractivity contribution is -0.385. The molecule has 0 saturated carbocycles. The highest BCUT2D eigenvalue weighted by Gasteiger charge is 2.31. The van der Waals surface area contributed by atoms with Crippen molar-refractivity contribution < 1.29 is 27.3 Å². The Kier molecular flexibility index (Phi) is 5.21. The van der Waals surface area contributed by atoms with Crippen LogP contribution in [0.15, 0.2) is 30.5 Å². The first-order chi connectivity index (χ1) is 11.6. The molecular weight excluding hydrogens is 370 g/mol. The van der Waals surface area contributed by atoms with Crippen LogP contribution in [-0.2, 0) is 12.7 Å². The van der Waals surface area contributed by atoms with Gasteiger partial charge in [-0.2, -0.15) is 13.2 Å². The first-order valence-electron chi connectivity index (χ1n) is 6.54. The third-order valence-electron chi connectivity index (χ3n) is 3.08. The van der Waals surface area contributed by atoms with Gasteiger partial charge >= 0.3 is 6.18 Å². The second-order valence-corrected chi connectivity index (χ2v) is 5.13. The summed E-state index contributed by atoms with van der Waals surface area (Å²) in [5.74, 6) is -2.24. The zero-order valence-corrected chi connectivity index (χ0v) is 12.9. The van der Waals surface area contributed by atoms with E-state index < -0.39 is 46.2 Å². The third kappa shape index (κ3) is 4.21. The van der Waals surface area contributed by atoms with Crippen molar-refractivity contribution in [2.24, 2.45) is 0 Å². The lowest BCUT2D eigenvalue weighted by atomic mass is 10.1. The molecule has 0 aliphatic rings. The molecule has 1 amide bonds. The Morgan fingerprint density at radius 3 is 2.60 bits per heavy atom. The predicted octanol–water partition coefficient (Wildman–Crippen LogP) is 3.73. The average Bonchev–Trinajstić information content (AvgIpc) is 2.52. The van der Waals surface area contributed by atoms with Crippen LogP contribution < -0.4 is 5.32 Å². The number of carbonyl (C=O) groups excluding carboxylic acids is 1. The van der Waals surface area contributed by atoms with E-state index in [9.17, 15) is 32.5 Å². The highest BCUT2D eigenvalue weighted by molar-refractivity contribution is 6.31. The fraction of sp³-hybridized carbons (Fsp3) is 0.143. The van der Waals surface area contributed by atoms with Crippen molar-refractivity contribution in [1.29, 1.82) is 0 Å². The van der Waals surface area contributed by atoms with E-state index in [-0.39, 0.29) is 10.7 Å². The number of aromatic nitrogens is 1. The van der Waals surface area contributed by atoms with Gasteiger partial charge in [-0.15, -0.1) is 0 Å². The number of nitrogens with one attached hydrogen (secondary N) is 1. The Morgan fingerprint density at radius 1 is 1.36 bits per heavy atom. The molecule has 0 bridgehead atoms. The Labute approximate surface area is 142 Å². The number of hydrogen-bond acceptors (Lipinski definition) is 4. The van der Waals surface area contributed by atoms with Gasteiger partial charge in [-0.25, -0.2) is 4.39 Å². The van der Waals surface area contributed by atoms with E-state index in [4.69, 9.17) is 11.6 Å². The Hall–Kier alpha value is -2.75. The number of hydrogen-bond donors (Lipinski definition) is 1. The summed E-state index contributed by atoms with van der Waals surface area (Å²) in [6, 6.07) is 3.51. The number of pyridine rings is 1. The first-order valence-corrected chi connectivity index (χ1v) is 6.91. The molecule has 0 atom stereocenters. The number of benzene rings is 1. The molecule has 0 unspecified atom stereocenters. The first kappa shape index (κ1) is 18.6. The van der Waals surface area contributed by atoms with Gasteiger partial charge in [0, 0.05) is 12.3 Å². The maximum absolute atomic E-state index is 13.7. The molecular formula is C14H8ClF4N3O3. The molecule has 6 nitrogen and oxygen atoms in total. The van der Waals surface area contributed by atoms with Crippen LogP contribution in [0, 0.1) is 15.9 Å². The second kappa shape index (κ2) is 7.01. The molecule has 2 rings (SSSR count). The molecule has 132 valence electrons. The molecule has 2 aromatic rings. The lowest BCUT2D eigenvalue weighted by Gasteiger charge is -2.10. The van der Waals surface area contributed by atoms with Crippen LogP contribution in [0.2, 0.25) is 5.02 Å². The fourth-order valence-corrected chi connectivity index (χ4v) is 2.13. The Morgan fingerprint density at radius 2 is 2.04 bits per heavy atom. The van der Waals surface area contributed by atoms with Gasteiger partial charge in [0.05, 0.1) is 27.7 Å². The topological polar surface area (TPSA) is 85.1 Å². The minimum Gasteiger partial charge on any atom is -0.346 e. The highest BCUT2D eigenvalue weighted by atomic mass is 35.5. The molecule has 0 saturated heterocycles. The standard InChI is InChI=1S/C14H8ClF4N3O3/c15-8-4-7(14(17,18)19)5-20-10(8)6-21-13(23)12-9(16)2-1-3-11(12)22(24)25/h1-5H,6H2,(H,21,23). The maximum Gasteiger partial charge on any atom is 0.417 e.